The van der Waals surface area contributed by atoms with Crippen molar-refractivity contribution < 1.29 is 12.8 Å². The van der Waals surface area contributed by atoms with Gasteiger partial charge in [0.2, 0.25) is 0 Å². The van der Waals surface area contributed by atoms with E-state index in [2.05, 4.69) is 5.10 Å². The van der Waals surface area contributed by atoms with Gasteiger partial charge >= 0.3 is 0 Å². The van der Waals surface area contributed by atoms with Crippen LogP contribution in [0.4, 0.5) is 4.39 Å². The van der Waals surface area contributed by atoms with Crippen LogP contribution >= 0.6 is 11.6 Å². The minimum atomic E-state index is -3.81. The summed E-state index contributed by atoms with van der Waals surface area (Å²) in [6, 6.07) is 3.49. The van der Waals surface area contributed by atoms with E-state index in [9.17, 15) is 12.8 Å². The molecule has 0 aliphatic rings. The highest BCUT2D eigenvalue weighted by Crippen LogP contribution is 2.23. The Hall–Kier alpha value is -1.40. The zero-order valence-electron chi connectivity index (χ0n) is 12.0. The highest BCUT2D eigenvalue weighted by atomic mass is 35.5. The average molecular weight is 331 g/mol. The summed E-state index contributed by atoms with van der Waals surface area (Å²) in [4.78, 5) is -0.390. The fourth-order valence-corrected chi connectivity index (χ4v) is 3.47. The van der Waals surface area contributed by atoms with Crippen LogP contribution in [0.2, 0.25) is 5.02 Å². The van der Waals surface area contributed by atoms with Crippen molar-refractivity contribution in [3.05, 3.63) is 47.0 Å². The maximum absolute atomic E-state index is 13.7. The zero-order valence-corrected chi connectivity index (χ0v) is 13.5. The van der Waals surface area contributed by atoms with Gasteiger partial charge < -0.3 is 0 Å². The molecule has 114 valence electrons. The zero-order chi connectivity index (χ0) is 15.8. The lowest BCUT2D eigenvalue weighted by Crippen LogP contribution is -2.22. The van der Waals surface area contributed by atoms with Crippen LogP contribution < -0.4 is 0 Å². The summed E-state index contributed by atoms with van der Waals surface area (Å²) in [5, 5.41) is 4.32. The van der Waals surface area contributed by atoms with E-state index >= 15 is 0 Å². The summed E-state index contributed by atoms with van der Waals surface area (Å²) in [6.07, 6.45) is 3.13. The number of halogens is 2. The Kier molecular flexibility index (Phi) is 4.13. The van der Waals surface area contributed by atoms with Crippen LogP contribution in [0.15, 0.2) is 35.5 Å². The molecule has 0 N–H and O–H groups in total. The van der Waals surface area contributed by atoms with Crippen LogP contribution in [0, 0.1) is 5.82 Å². The maximum atomic E-state index is 13.7. The molecule has 21 heavy (non-hydrogen) atoms. The maximum Gasteiger partial charge on any atom is 0.185 e. The molecule has 1 heterocycles. The first-order valence-corrected chi connectivity index (χ1v) is 8.34. The molecule has 0 unspecified atom stereocenters. The van der Waals surface area contributed by atoms with E-state index in [0.717, 1.165) is 12.1 Å². The molecule has 0 atom stereocenters. The van der Waals surface area contributed by atoms with E-state index < -0.39 is 20.5 Å². The molecule has 0 aliphatic carbocycles. The SMILES string of the molecule is CC(C)(C)n1cc(CS(=O)(=O)c2cc(Cl)ccc2F)cn1. The molecule has 1 aromatic heterocycles. The van der Waals surface area contributed by atoms with Gasteiger partial charge in [0, 0.05) is 16.8 Å². The molecule has 2 rings (SSSR count). The van der Waals surface area contributed by atoms with E-state index in [1.165, 1.54) is 12.3 Å². The Labute approximate surface area is 128 Å². The Bertz CT molecular complexity index is 764. The molecule has 7 heteroatoms. The van der Waals surface area contributed by atoms with E-state index in [-0.39, 0.29) is 16.3 Å². The number of sulfone groups is 1. The van der Waals surface area contributed by atoms with Gasteiger partial charge in [0.15, 0.2) is 9.84 Å². The molecule has 0 fully saturated rings. The molecule has 4 nitrogen and oxygen atoms in total. The third-order valence-electron chi connectivity index (χ3n) is 2.91. The average Bonchev–Trinajstić information content (AvgIpc) is 2.79. The van der Waals surface area contributed by atoms with Crippen molar-refractivity contribution in [2.24, 2.45) is 0 Å². The van der Waals surface area contributed by atoms with Crippen molar-refractivity contribution in [1.29, 1.82) is 0 Å². The van der Waals surface area contributed by atoms with Crippen molar-refractivity contribution in [3.8, 4) is 0 Å². The molecule has 0 radical (unpaired) electrons. The fraction of sp³-hybridized carbons (Fsp3) is 0.357. The van der Waals surface area contributed by atoms with Crippen LogP contribution in [0.3, 0.4) is 0 Å². The predicted octanol–water partition coefficient (Wildman–Crippen LogP) is 3.40. The van der Waals surface area contributed by atoms with Gasteiger partial charge in [0.05, 0.1) is 17.5 Å². The second-order valence-electron chi connectivity index (χ2n) is 5.80. The lowest BCUT2D eigenvalue weighted by molar-refractivity contribution is 0.355. The second-order valence-corrected chi connectivity index (χ2v) is 8.19. The molecule has 1 aromatic carbocycles. The normalized spacial score (nSPS) is 12.6. The first kappa shape index (κ1) is 16.0. The Morgan fingerprint density at radius 3 is 2.57 bits per heavy atom. The summed E-state index contributed by atoms with van der Waals surface area (Å²) in [5.41, 5.74) is 0.257. The van der Waals surface area contributed by atoms with Gasteiger partial charge in [0.1, 0.15) is 10.7 Å². The van der Waals surface area contributed by atoms with E-state index in [0.29, 0.717) is 5.56 Å². The summed E-state index contributed by atoms with van der Waals surface area (Å²) < 4.78 is 40.0. The fourth-order valence-electron chi connectivity index (χ4n) is 1.81. The minimum absolute atomic E-state index is 0.181. The van der Waals surface area contributed by atoms with Crippen LogP contribution in [0.1, 0.15) is 26.3 Å². The monoisotopic (exact) mass is 330 g/mol. The highest BCUT2D eigenvalue weighted by Gasteiger charge is 2.22. The predicted molar refractivity (Wildman–Crippen MR) is 79.5 cm³/mol. The van der Waals surface area contributed by atoms with Crippen LogP contribution in [0.5, 0.6) is 0 Å². The van der Waals surface area contributed by atoms with E-state index in [1.807, 2.05) is 20.8 Å². The molecule has 0 aliphatic heterocycles. The molecule has 0 spiro atoms. The largest absolute Gasteiger partial charge is 0.267 e. The van der Waals surface area contributed by atoms with Crippen LogP contribution in [-0.2, 0) is 21.1 Å². The Morgan fingerprint density at radius 2 is 2.00 bits per heavy atom. The van der Waals surface area contributed by atoms with Crippen molar-refractivity contribution in [2.45, 2.75) is 37.0 Å². The number of nitrogens with zero attached hydrogens (tertiary/aromatic N) is 2. The van der Waals surface area contributed by atoms with E-state index in [1.54, 1.807) is 10.9 Å². The van der Waals surface area contributed by atoms with Gasteiger partial charge in [-0.25, -0.2) is 12.8 Å². The first-order chi connectivity index (χ1) is 9.59. The van der Waals surface area contributed by atoms with Crippen LogP contribution in [-0.4, -0.2) is 18.2 Å². The summed E-state index contributed by atoms with van der Waals surface area (Å²) in [7, 11) is -3.81. The number of hydrogen-bond acceptors (Lipinski definition) is 3. The van der Waals surface area contributed by atoms with Crippen molar-refractivity contribution in [2.75, 3.05) is 0 Å². The lowest BCUT2D eigenvalue weighted by Gasteiger charge is -2.18. The first-order valence-electron chi connectivity index (χ1n) is 6.31. The van der Waals surface area contributed by atoms with Gasteiger partial charge in [-0.3, -0.25) is 4.68 Å². The highest BCUT2D eigenvalue weighted by molar-refractivity contribution is 7.90. The van der Waals surface area contributed by atoms with Crippen LogP contribution in [0.25, 0.3) is 0 Å². The molecular weight excluding hydrogens is 315 g/mol. The molecular formula is C14H16ClFN2O2S. The van der Waals surface area contributed by atoms with Gasteiger partial charge in [-0.2, -0.15) is 5.10 Å². The van der Waals surface area contributed by atoms with Gasteiger partial charge in [-0.05, 0) is 39.0 Å². The quantitative estimate of drug-likeness (QED) is 0.866. The Balaban J connectivity index is 2.34. The number of hydrogen-bond donors (Lipinski definition) is 0. The molecule has 2 aromatic rings. The summed E-state index contributed by atoms with van der Waals surface area (Å²) in [5.74, 6) is -1.12. The summed E-state index contributed by atoms with van der Waals surface area (Å²) >= 11 is 5.74. The standard InChI is InChI=1S/C14H16ClFN2O2S/c1-14(2,3)18-8-10(7-17-18)9-21(19,20)13-6-11(15)4-5-12(13)16/h4-8H,9H2,1-3H3. The number of aromatic nitrogens is 2. The molecule has 0 saturated heterocycles. The van der Waals surface area contributed by atoms with Crippen molar-refractivity contribution in [1.82, 2.24) is 9.78 Å². The summed E-state index contributed by atoms with van der Waals surface area (Å²) in [6.45, 7) is 5.86. The van der Waals surface area contributed by atoms with Gasteiger partial charge in [-0.15, -0.1) is 0 Å². The second kappa shape index (κ2) is 5.42. The molecule has 0 saturated carbocycles. The topological polar surface area (TPSA) is 52.0 Å². The smallest absolute Gasteiger partial charge is 0.185 e. The molecule has 0 bridgehead atoms. The van der Waals surface area contributed by atoms with Crippen molar-refractivity contribution >= 4 is 21.4 Å². The molecule has 0 amide bonds. The Morgan fingerprint density at radius 1 is 1.33 bits per heavy atom. The third kappa shape index (κ3) is 3.63. The van der Waals surface area contributed by atoms with Crippen molar-refractivity contribution in [3.63, 3.8) is 0 Å². The number of rotatable bonds is 3. The third-order valence-corrected chi connectivity index (χ3v) is 4.84. The van der Waals surface area contributed by atoms with Gasteiger partial charge in [0.25, 0.3) is 0 Å². The van der Waals surface area contributed by atoms with E-state index in [4.69, 9.17) is 11.6 Å². The lowest BCUT2D eigenvalue weighted by atomic mass is 10.1. The number of benzene rings is 1. The minimum Gasteiger partial charge on any atom is -0.267 e. The van der Waals surface area contributed by atoms with Gasteiger partial charge in [-0.1, -0.05) is 11.6 Å².